The van der Waals surface area contributed by atoms with Crippen molar-refractivity contribution in [3.05, 3.63) is 46.5 Å². The van der Waals surface area contributed by atoms with E-state index in [1.807, 2.05) is 0 Å². The lowest BCUT2D eigenvalue weighted by Crippen LogP contribution is -2.30. The smallest absolute Gasteiger partial charge is 0.342 e. The van der Waals surface area contributed by atoms with Crippen LogP contribution in [0.15, 0.2) is 24.3 Å². The first-order valence-electron chi connectivity index (χ1n) is 7.58. The van der Waals surface area contributed by atoms with Crippen LogP contribution in [0.3, 0.4) is 0 Å². The van der Waals surface area contributed by atoms with E-state index in [0.29, 0.717) is 11.1 Å². The second kappa shape index (κ2) is 6.01. The van der Waals surface area contributed by atoms with E-state index in [-0.39, 0.29) is 52.7 Å². The summed E-state index contributed by atoms with van der Waals surface area (Å²) in [6.07, 6.45) is -0.393. The summed E-state index contributed by atoms with van der Waals surface area (Å²) in [5.74, 6) is -2.22. The third kappa shape index (κ3) is 3.08. The first-order valence-corrected chi connectivity index (χ1v) is 7.58. The number of carbonyl (C=O) groups excluding carboxylic acids is 2. The number of hydrogen-bond acceptors (Lipinski definition) is 7. The number of phenols is 4. The molecule has 4 N–H and O–H groups in total. The van der Waals surface area contributed by atoms with Gasteiger partial charge in [-0.15, -0.1) is 0 Å². The van der Waals surface area contributed by atoms with Gasteiger partial charge in [0.25, 0.3) is 0 Å². The molecule has 1 aliphatic heterocycles. The lowest BCUT2D eigenvalue weighted by Gasteiger charge is -2.26. The van der Waals surface area contributed by atoms with Crippen molar-refractivity contribution in [3.63, 3.8) is 0 Å². The number of ketones is 1. The standard InChI is InChI=1S/C18H16O7/c1-8(19)16-9(2-11(20)6-14(16)22)4-13-5-10-3-12(21)7-15(23)17(10)18(24)25-13/h2-3,6-7,13,20-23H,4-5H2,1H3/t13-/m0/s1. The van der Waals surface area contributed by atoms with E-state index in [4.69, 9.17) is 4.74 Å². The lowest BCUT2D eigenvalue weighted by molar-refractivity contribution is 0.0255. The Labute approximate surface area is 142 Å². The fourth-order valence-corrected chi connectivity index (χ4v) is 3.16. The number of carbonyl (C=O) groups is 2. The second-order valence-electron chi connectivity index (χ2n) is 5.99. The van der Waals surface area contributed by atoms with Gasteiger partial charge in [0.2, 0.25) is 0 Å². The summed E-state index contributed by atoms with van der Waals surface area (Å²) in [7, 11) is 0. The van der Waals surface area contributed by atoms with Gasteiger partial charge in [-0.2, -0.15) is 0 Å². The van der Waals surface area contributed by atoms with Crippen LogP contribution in [-0.4, -0.2) is 38.3 Å². The van der Waals surface area contributed by atoms with Gasteiger partial charge in [0.05, 0.1) is 5.56 Å². The van der Waals surface area contributed by atoms with E-state index in [1.165, 1.54) is 19.1 Å². The zero-order valence-corrected chi connectivity index (χ0v) is 13.3. The molecular formula is C18H16O7. The Bertz CT molecular complexity index is 885. The average molecular weight is 344 g/mol. The number of hydrogen-bond donors (Lipinski definition) is 4. The molecule has 0 amide bonds. The highest BCUT2D eigenvalue weighted by Crippen LogP contribution is 2.35. The van der Waals surface area contributed by atoms with Gasteiger partial charge in [0.15, 0.2) is 5.78 Å². The molecule has 0 spiro atoms. The quantitative estimate of drug-likeness (QED) is 0.496. The van der Waals surface area contributed by atoms with E-state index in [2.05, 4.69) is 0 Å². The maximum absolute atomic E-state index is 12.1. The minimum atomic E-state index is -0.738. The molecule has 0 saturated heterocycles. The van der Waals surface area contributed by atoms with Gasteiger partial charge in [0, 0.05) is 25.0 Å². The van der Waals surface area contributed by atoms with E-state index in [0.717, 1.165) is 12.1 Å². The highest BCUT2D eigenvalue weighted by Gasteiger charge is 2.31. The Balaban J connectivity index is 1.96. The van der Waals surface area contributed by atoms with Crippen molar-refractivity contribution in [2.24, 2.45) is 0 Å². The fraction of sp³-hybridized carbons (Fsp3) is 0.222. The molecule has 7 nitrogen and oxygen atoms in total. The minimum Gasteiger partial charge on any atom is -0.508 e. The summed E-state index contributed by atoms with van der Waals surface area (Å²) < 4.78 is 5.30. The highest BCUT2D eigenvalue weighted by molar-refractivity contribution is 5.98. The van der Waals surface area contributed by atoms with Crippen LogP contribution in [0.1, 0.15) is 38.8 Å². The molecule has 1 aliphatic rings. The fourth-order valence-electron chi connectivity index (χ4n) is 3.16. The summed E-state index contributed by atoms with van der Waals surface area (Å²) in [5, 5.41) is 39.0. The topological polar surface area (TPSA) is 124 Å². The Hall–Kier alpha value is -3.22. The minimum absolute atomic E-state index is 0.000373. The molecule has 0 bridgehead atoms. The normalized spacial score (nSPS) is 16.2. The molecule has 1 atom stereocenters. The number of aromatic hydroxyl groups is 4. The zero-order chi connectivity index (χ0) is 18.3. The Morgan fingerprint density at radius 1 is 1.08 bits per heavy atom. The van der Waals surface area contributed by atoms with Crippen molar-refractivity contribution < 1.29 is 34.8 Å². The molecule has 0 unspecified atom stereocenters. The predicted octanol–water partition coefficient (Wildman–Crippen LogP) is 2.04. The number of phenolic OH excluding ortho intramolecular Hbond substituents is 4. The molecule has 0 saturated carbocycles. The number of fused-ring (bicyclic) bond motifs is 1. The lowest BCUT2D eigenvalue weighted by atomic mass is 9.91. The number of esters is 1. The van der Waals surface area contributed by atoms with Crippen LogP contribution in [0.4, 0.5) is 0 Å². The van der Waals surface area contributed by atoms with E-state index in [9.17, 15) is 30.0 Å². The molecule has 0 radical (unpaired) electrons. The molecule has 25 heavy (non-hydrogen) atoms. The maximum atomic E-state index is 12.1. The van der Waals surface area contributed by atoms with Gasteiger partial charge in [-0.25, -0.2) is 4.79 Å². The van der Waals surface area contributed by atoms with Crippen molar-refractivity contribution in [2.45, 2.75) is 25.9 Å². The Morgan fingerprint density at radius 3 is 2.40 bits per heavy atom. The molecular weight excluding hydrogens is 328 g/mol. The van der Waals surface area contributed by atoms with Crippen LogP contribution < -0.4 is 0 Å². The van der Waals surface area contributed by atoms with Gasteiger partial charge >= 0.3 is 5.97 Å². The van der Waals surface area contributed by atoms with Crippen LogP contribution in [-0.2, 0) is 17.6 Å². The van der Waals surface area contributed by atoms with Gasteiger partial charge in [-0.05, 0) is 30.2 Å². The summed E-state index contributed by atoms with van der Waals surface area (Å²) in [5.41, 5.74) is 0.820. The number of benzene rings is 2. The summed E-state index contributed by atoms with van der Waals surface area (Å²) in [6, 6.07) is 4.83. The van der Waals surface area contributed by atoms with E-state index in [1.54, 1.807) is 0 Å². The van der Waals surface area contributed by atoms with Gasteiger partial charge in [-0.3, -0.25) is 4.79 Å². The summed E-state index contributed by atoms with van der Waals surface area (Å²) in [6.45, 7) is 1.29. The van der Waals surface area contributed by atoms with Crippen molar-refractivity contribution in [1.82, 2.24) is 0 Å². The number of Topliss-reactive ketones (excluding diaryl/α,β-unsaturated/α-hetero) is 1. The van der Waals surface area contributed by atoms with Crippen molar-refractivity contribution >= 4 is 11.8 Å². The highest BCUT2D eigenvalue weighted by atomic mass is 16.5. The van der Waals surface area contributed by atoms with Gasteiger partial charge in [-0.1, -0.05) is 0 Å². The number of cyclic esters (lactones) is 1. The summed E-state index contributed by atoms with van der Waals surface area (Å²) in [4.78, 5) is 23.9. The van der Waals surface area contributed by atoms with Crippen LogP contribution in [0.25, 0.3) is 0 Å². The van der Waals surface area contributed by atoms with E-state index >= 15 is 0 Å². The first kappa shape index (κ1) is 16.6. The van der Waals surface area contributed by atoms with Crippen molar-refractivity contribution in [3.8, 4) is 23.0 Å². The van der Waals surface area contributed by atoms with Gasteiger partial charge in [0.1, 0.15) is 34.7 Å². The van der Waals surface area contributed by atoms with Crippen molar-refractivity contribution in [2.75, 3.05) is 0 Å². The predicted molar refractivity (Wildman–Crippen MR) is 86.2 cm³/mol. The number of ether oxygens (including phenoxy) is 1. The monoisotopic (exact) mass is 344 g/mol. The molecule has 130 valence electrons. The van der Waals surface area contributed by atoms with Crippen molar-refractivity contribution in [1.29, 1.82) is 0 Å². The average Bonchev–Trinajstić information content (AvgIpc) is 2.44. The summed E-state index contributed by atoms with van der Waals surface area (Å²) >= 11 is 0. The third-order valence-corrected chi connectivity index (χ3v) is 4.09. The van der Waals surface area contributed by atoms with Gasteiger partial charge < -0.3 is 25.2 Å². The van der Waals surface area contributed by atoms with E-state index < -0.39 is 12.1 Å². The molecule has 2 aromatic rings. The second-order valence-corrected chi connectivity index (χ2v) is 5.99. The molecule has 2 aromatic carbocycles. The SMILES string of the molecule is CC(=O)c1c(O)cc(O)cc1C[C@H]1Cc2cc(O)cc(O)c2C(=O)O1. The maximum Gasteiger partial charge on any atom is 0.342 e. The number of rotatable bonds is 3. The molecule has 0 aromatic heterocycles. The van der Waals surface area contributed by atoms with Crippen LogP contribution in [0.5, 0.6) is 23.0 Å². The molecule has 3 rings (SSSR count). The Kier molecular flexibility index (Phi) is 4.00. The molecule has 0 fully saturated rings. The largest absolute Gasteiger partial charge is 0.508 e. The van der Waals surface area contributed by atoms with Crippen LogP contribution >= 0.6 is 0 Å². The van der Waals surface area contributed by atoms with Crippen LogP contribution in [0, 0.1) is 0 Å². The zero-order valence-electron chi connectivity index (χ0n) is 13.3. The Morgan fingerprint density at radius 2 is 1.72 bits per heavy atom. The third-order valence-electron chi connectivity index (χ3n) is 4.09. The molecule has 0 aliphatic carbocycles. The molecule has 1 heterocycles. The first-order chi connectivity index (χ1) is 11.8. The van der Waals surface area contributed by atoms with Crippen LogP contribution in [0.2, 0.25) is 0 Å². The molecule has 7 heteroatoms.